The molecule has 6 heteroatoms. The Labute approximate surface area is 170 Å². The summed E-state index contributed by atoms with van der Waals surface area (Å²) in [5.74, 6) is -0.198. The summed E-state index contributed by atoms with van der Waals surface area (Å²) in [7, 11) is 0. The highest BCUT2D eigenvalue weighted by atomic mass is 35.5. The Hall–Kier alpha value is -2.53. The topological polar surface area (TPSA) is 58.6 Å². The van der Waals surface area contributed by atoms with Crippen LogP contribution in [0.4, 0.5) is 10.5 Å². The number of nitrogens with one attached hydrogen (secondary N) is 1. The SMILES string of the molecule is CC(C)(C)OC(=O)N1CCC[C@H]1C(=O)Nc1cccc(-c2ccc(Cl)cc2)c1. The second kappa shape index (κ2) is 8.23. The van der Waals surface area contributed by atoms with Crippen LogP contribution in [0.25, 0.3) is 11.1 Å². The van der Waals surface area contributed by atoms with E-state index < -0.39 is 17.7 Å². The van der Waals surface area contributed by atoms with Crippen molar-refractivity contribution in [2.24, 2.45) is 0 Å². The minimum atomic E-state index is -0.590. The Balaban J connectivity index is 1.71. The molecule has 0 aliphatic carbocycles. The molecule has 0 spiro atoms. The van der Waals surface area contributed by atoms with Crippen molar-refractivity contribution in [2.45, 2.75) is 45.3 Å². The first-order valence-electron chi connectivity index (χ1n) is 9.39. The van der Waals surface area contributed by atoms with E-state index >= 15 is 0 Å². The van der Waals surface area contributed by atoms with Crippen molar-refractivity contribution in [2.75, 3.05) is 11.9 Å². The minimum Gasteiger partial charge on any atom is -0.444 e. The van der Waals surface area contributed by atoms with Crippen molar-refractivity contribution in [3.8, 4) is 11.1 Å². The van der Waals surface area contributed by atoms with Gasteiger partial charge in [0.25, 0.3) is 0 Å². The summed E-state index contributed by atoms with van der Waals surface area (Å²) in [6, 6.07) is 14.6. The van der Waals surface area contributed by atoms with Crippen LogP contribution in [0.15, 0.2) is 48.5 Å². The van der Waals surface area contributed by atoms with Crippen LogP contribution in [-0.2, 0) is 9.53 Å². The summed E-state index contributed by atoms with van der Waals surface area (Å²) >= 11 is 5.95. The number of carbonyl (C=O) groups is 2. The number of halogens is 1. The second-order valence-corrected chi connectivity index (χ2v) is 8.35. The van der Waals surface area contributed by atoms with E-state index in [9.17, 15) is 9.59 Å². The third kappa shape index (κ3) is 5.04. The third-order valence-corrected chi connectivity index (χ3v) is 4.74. The van der Waals surface area contributed by atoms with E-state index in [-0.39, 0.29) is 5.91 Å². The number of amides is 2. The van der Waals surface area contributed by atoms with Crippen LogP contribution in [0.1, 0.15) is 33.6 Å². The number of hydrogen-bond acceptors (Lipinski definition) is 3. The van der Waals surface area contributed by atoms with Crippen molar-refractivity contribution in [1.82, 2.24) is 4.90 Å². The number of ether oxygens (including phenoxy) is 1. The molecule has 0 aromatic heterocycles. The molecule has 0 saturated carbocycles. The summed E-state index contributed by atoms with van der Waals surface area (Å²) in [6.07, 6.45) is 0.962. The quantitative estimate of drug-likeness (QED) is 0.755. The number of likely N-dealkylation sites (tertiary alicyclic amines) is 1. The predicted molar refractivity (Wildman–Crippen MR) is 111 cm³/mol. The van der Waals surface area contributed by atoms with E-state index in [0.717, 1.165) is 17.5 Å². The lowest BCUT2D eigenvalue weighted by Gasteiger charge is -2.28. The van der Waals surface area contributed by atoms with Crippen LogP contribution in [0.2, 0.25) is 5.02 Å². The standard InChI is InChI=1S/C22H25ClN2O3/c1-22(2,3)28-21(27)25-13-5-8-19(25)20(26)24-18-7-4-6-16(14-18)15-9-11-17(23)12-10-15/h4,6-7,9-12,14,19H,5,8,13H2,1-3H3,(H,24,26)/t19-/m0/s1. The average molecular weight is 401 g/mol. The smallest absolute Gasteiger partial charge is 0.410 e. The van der Waals surface area contributed by atoms with Gasteiger partial charge < -0.3 is 10.1 Å². The normalized spacial score (nSPS) is 16.7. The molecule has 1 heterocycles. The maximum Gasteiger partial charge on any atom is 0.410 e. The molecular weight excluding hydrogens is 376 g/mol. The lowest BCUT2D eigenvalue weighted by Crippen LogP contribution is -2.45. The van der Waals surface area contributed by atoms with Gasteiger partial charge in [0.15, 0.2) is 0 Å². The molecule has 148 valence electrons. The van der Waals surface area contributed by atoms with Crippen molar-refractivity contribution in [1.29, 1.82) is 0 Å². The molecule has 0 radical (unpaired) electrons. The molecule has 1 atom stereocenters. The Morgan fingerprint density at radius 1 is 1.11 bits per heavy atom. The van der Waals surface area contributed by atoms with Crippen LogP contribution in [0.5, 0.6) is 0 Å². The Kier molecular flexibility index (Phi) is 5.94. The van der Waals surface area contributed by atoms with Gasteiger partial charge in [-0.3, -0.25) is 9.69 Å². The van der Waals surface area contributed by atoms with Gasteiger partial charge in [0.1, 0.15) is 11.6 Å². The lowest BCUT2D eigenvalue weighted by atomic mass is 10.1. The fraction of sp³-hybridized carbons (Fsp3) is 0.364. The first-order valence-corrected chi connectivity index (χ1v) is 9.77. The molecule has 1 N–H and O–H groups in total. The molecule has 2 amide bonds. The summed E-state index contributed by atoms with van der Waals surface area (Å²) in [5.41, 5.74) is 2.09. The summed E-state index contributed by atoms with van der Waals surface area (Å²) < 4.78 is 5.44. The van der Waals surface area contributed by atoms with Gasteiger partial charge >= 0.3 is 6.09 Å². The molecule has 1 saturated heterocycles. The highest BCUT2D eigenvalue weighted by Gasteiger charge is 2.36. The van der Waals surface area contributed by atoms with E-state index in [1.54, 1.807) is 0 Å². The predicted octanol–water partition coefficient (Wildman–Crippen LogP) is 5.35. The molecule has 5 nitrogen and oxygen atoms in total. The van der Waals surface area contributed by atoms with Gasteiger partial charge in [-0.2, -0.15) is 0 Å². The highest BCUT2D eigenvalue weighted by molar-refractivity contribution is 6.30. The van der Waals surface area contributed by atoms with Crippen LogP contribution in [0.3, 0.4) is 0 Å². The molecule has 0 bridgehead atoms. The first-order chi connectivity index (χ1) is 13.2. The largest absolute Gasteiger partial charge is 0.444 e. The zero-order chi connectivity index (χ0) is 20.3. The highest BCUT2D eigenvalue weighted by Crippen LogP contribution is 2.26. The van der Waals surface area contributed by atoms with Crippen molar-refractivity contribution < 1.29 is 14.3 Å². The maximum absolute atomic E-state index is 12.8. The average Bonchev–Trinajstić information content (AvgIpc) is 3.11. The molecule has 0 unspecified atom stereocenters. The van der Waals surface area contributed by atoms with Crippen LogP contribution < -0.4 is 5.32 Å². The lowest BCUT2D eigenvalue weighted by molar-refractivity contribution is -0.120. The Morgan fingerprint density at radius 3 is 2.50 bits per heavy atom. The Bertz CT molecular complexity index is 859. The molecule has 1 fully saturated rings. The number of nitrogens with zero attached hydrogens (tertiary/aromatic N) is 1. The molecule has 2 aromatic rings. The molecular formula is C22H25ClN2O3. The maximum atomic E-state index is 12.8. The van der Waals surface area contributed by atoms with Gasteiger partial charge in [0.2, 0.25) is 5.91 Å². The zero-order valence-corrected chi connectivity index (χ0v) is 17.1. The molecule has 2 aromatic carbocycles. The van der Waals surface area contributed by atoms with Crippen LogP contribution >= 0.6 is 11.6 Å². The Morgan fingerprint density at radius 2 is 1.82 bits per heavy atom. The summed E-state index contributed by atoms with van der Waals surface area (Å²) in [6.45, 7) is 5.98. The monoisotopic (exact) mass is 400 g/mol. The van der Waals surface area contributed by atoms with Crippen LogP contribution in [0, 0.1) is 0 Å². The number of anilines is 1. The zero-order valence-electron chi connectivity index (χ0n) is 16.4. The third-order valence-electron chi connectivity index (χ3n) is 4.49. The fourth-order valence-corrected chi connectivity index (χ4v) is 3.35. The summed E-state index contributed by atoms with van der Waals surface area (Å²) in [4.78, 5) is 26.7. The van der Waals surface area contributed by atoms with Gasteiger partial charge in [-0.05, 0) is 69.0 Å². The minimum absolute atomic E-state index is 0.198. The van der Waals surface area contributed by atoms with Gasteiger partial charge in [0.05, 0.1) is 0 Å². The summed E-state index contributed by atoms with van der Waals surface area (Å²) in [5, 5.41) is 3.62. The van der Waals surface area contributed by atoms with Gasteiger partial charge in [0, 0.05) is 17.3 Å². The number of hydrogen-bond donors (Lipinski definition) is 1. The van der Waals surface area contributed by atoms with E-state index in [0.29, 0.717) is 23.7 Å². The van der Waals surface area contributed by atoms with Crippen LogP contribution in [-0.4, -0.2) is 35.1 Å². The van der Waals surface area contributed by atoms with Crippen molar-refractivity contribution >= 4 is 29.3 Å². The van der Waals surface area contributed by atoms with E-state index in [4.69, 9.17) is 16.3 Å². The van der Waals surface area contributed by atoms with Gasteiger partial charge in [-0.25, -0.2) is 4.79 Å². The number of carbonyl (C=O) groups excluding carboxylic acids is 2. The number of benzene rings is 2. The molecule has 1 aliphatic heterocycles. The van der Waals surface area contributed by atoms with Crippen molar-refractivity contribution in [3.63, 3.8) is 0 Å². The number of rotatable bonds is 3. The first kappa shape index (κ1) is 20.2. The fourth-order valence-electron chi connectivity index (χ4n) is 3.22. The molecule has 28 heavy (non-hydrogen) atoms. The van der Waals surface area contributed by atoms with E-state index in [1.807, 2.05) is 69.3 Å². The second-order valence-electron chi connectivity index (χ2n) is 7.91. The van der Waals surface area contributed by atoms with E-state index in [2.05, 4.69) is 5.32 Å². The van der Waals surface area contributed by atoms with E-state index in [1.165, 1.54) is 4.90 Å². The molecule has 1 aliphatic rings. The molecule has 3 rings (SSSR count). The van der Waals surface area contributed by atoms with Crippen molar-refractivity contribution in [3.05, 3.63) is 53.6 Å². The van der Waals surface area contributed by atoms with Gasteiger partial charge in [-0.15, -0.1) is 0 Å². The van der Waals surface area contributed by atoms with Gasteiger partial charge in [-0.1, -0.05) is 35.9 Å².